The first-order valence-corrected chi connectivity index (χ1v) is 5.76. The van der Waals surface area contributed by atoms with Crippen LogP contribution in [-0.4, -0.2) is 17.3 Å². The van der Waals surface area contributed by atoms with Crippen LogP contribution in [0.4, 0.5) is 0 Å². The van der Waals surface area contributed by atoms with Gasteiger partial charge >= 0.3 is 0 Å². The molecule has 3 nitrogen and oxygen atoms in total. The number of nitrogens with one attached hydrogen (secondary N) is 1. The van der Waals surface area contributed by atoms with E-state index in [-0.39, 0.29) is 12.4 Å². The second-order valence-corrected chi connectivity index (χ2v) is 5.07. The quantitative estimate of drug-likeness (QED) is 0.805. The lowest BCUT2D eigenvalue weighted by molar-refractivity contribution is -0.245. The zero-order chi connectivity index (χ0) is 13.1. The summed E-state index contributed by atoms with van der Waals surface area (Å²) in [6.45, 7) is 5.29. The van der Waals surface area contributed by atoms with Crippen molar-refractivity contribution in [2.24, 2.45) is 0 Å². The maximum Gasteiger partial charge on any atom is 0.0656 e. The van der Waals surface area contributed by atoms with Gasteiger partial charge in [0, 0.05) is 10.7 Å². The van der Waals surface area contributed by atoms with E-state index in [2.05, 4.69) is 5.32 Å². The smallest absolute Gasteiger partial charge is 0.0656 e. The molecule has 0 heterocycles. The first-order chi connectivity index (χ1) is 7.85. The van der Waals surface area contributed by atoms with Crippen molar-refractivity contribution in [1.29, 1.82) is 0 Å². The molecule has 0 aliphatic heterocycles. The van der Waals surface area contributed by atoms with Gasteiger partial charge in [-0.3, -0.25) is 0 Å². The van der Waals surface area contributed by atoms with Gasteiger partial charge in [0.05, 0.1) is 12.1 Å². The van der Waals surface area contributed by atoms with Gasteiger partial charge in [0.15, 0.2) is 0 Å². The zero-order valence-electron chi connectivity index (χ0n) is 10.2. The summed E-state index contributed by atoms with van der Waals surface area (Å²) in [6, 6.07) is 6.80. The lowest BCUT2D eigenvalue weighted by Gasteiger charge is -2.29. The summed E-state index contributed by atoms with van der Waals surface area (Å²) in [5.41, 5.74) is 0.515. The number of hydrogen-bond acceptors (Lipinski definition) is 3. The summed E-state index contributed by atoms with van der Waals surface area (Å²) in [5, 5.41) is 24.7. The van der Waals surface area contributed by atoms with Crippen LogP contribution in [0.3, 0.4) is 0 Å². The van der Waals surface area contributed by atoms with Gasteiger partial charge in [-0.2, -0.15) is 0 Å². The molecular formula is C13H17ClNO2-. The fourth-order valence-corrected chi connectivity index (χ4v) is 1.64. The molecule has 0 fully saturated rings. The number of rotatable bonds is 4. The molecule has 0 amide bonds. The molecule has 0 aromatic heterocycles. The van der Waals surface area contributed by atoms with E-state index in [1.165, 1.54) is 0 Å². The van der Waals surface area contributed by atoms with Crippen LogP contribution in [0.15, 0.2) is 30.0 Å². The Morgan fingerprint density at radius 2 is 2.12 bits per heavy atom. The molecule has 1 aromatic carbocycles. The van der Waals surface area contributed by atoms with Gasteiger partial charge in [-0.25, -0.2) is 0 Å². The fraction of sp³-hybridized carbons (Fsp3) is 0.385. The van der Waals surface area contributed by atoms with E-state index >= 15 is 0 Å². The minimum absolute atomic E-state index is 0.0484. The minimum Gasteiger partial charge on any atom is -0.871 e. The maximum absolute atomic E-state index is 12.1. The monoisotopic (exact) mass is 254 g/mol. The Kier molecular flexibility index (Phi) is 4.43. The van der Waals surface area contributed by atoms with Crippen LogP contribution in [-0.2, 0) is 0 Å². The van der Waals surface area contributed by atoms with Crippen molar-refractivity contribution in [3.63, 3.8) is 0 Å². The molecule has 0 unspecified atom stereocenters. The van der Waals surface area contributed by atoms with E-state index in [4.69, 9.17) is 16.7 Å². The normalized spacial score (nSPS) is 13.2. The first kappa shape index (κ1) is 13.9. The largest absolute Gasteiger partial charge is 0.871 e. The van der Waals surface area contributed by atoms with E-state index in [0.29, 0.717) is 16.3 Å². The van der Waals surface area contributed by atoms with Crippen molar-refractivity contribution < 1.29 is 10.2 Å². The van der Waals surface area contributed by atoms with Crippen LogP contribution in [0.1, 0.15) is 26.3 Å². The molecule has 0 aliphatic carbocycles. The highest BCUT2D eigenvalue weighted by atomic mass is 35.5. The van der Waals surface area contributed by atoms with Crippen molar-refractivity contribution in [1.82, 2.24) is 5.32 Å². The van der Waals surface area contributed by atoms with Gasteiger partial charge in [0.25, 0.3) is 0 Å². The van der Waals surface area contributed by atoms with Crippen molar-refractivity contribution in [2.75, 3.05) is 6.61 Å². The van der Waals surface area contributed by atoms with Gasteiger partial charge in [-0.1, -0.05) is 29.5 Å². The lowest BCUT2D eigenvalue weighted by atomic mass is 10.1. The predicted octanol–water partition coefficient (Wildman–Crippen LogP) is 1.75. The molecule has 0 saturated heterocycles. The molecule has 0 atom stereocenters. The first-order valence-electron chi connectivity index (χ1n) is 5.38. The second kappa shape index (κ2) is 5.43. The summed E-state index contributed by atoms with van der Waals surface area (Å²) in [6.07, 6.45) is 0. The van der Waals surface area contributed by atoms with Crippen LogP contribution >= 0.6 is 11.6 Å². The third kappa shape index (κ3) is 3.95. The van der Waals surface area contributed by atoms with E-state index in [9.17, 15) is 5.11 Å². The lowest BCUT2D eigenvalue weighted by Crippen LogP contribution is -2.42. The SMILES string of the molecule is CC(NC(C)(C)CO)=C([O-])c1cccc(Cl)c1. The van der Waals surface area contributed by atoms with E-state index in [0.717, 1.165) is 0 Å². The molecule has 0 radical (unpaired) electrons. The Bertz CT molecular complexity index is 427. The Balaban J connectivity index is 2.97. The van der Waals surface area contributed by atoms with Gasteiger partial charge in [0.1, 0.15) is 0 Å². The molecule has 94 valence electrons. The fourth-order valence-electron chi connectivity index (χ4n) is 1.45. The molecule has 0 bridgehead atoms. The van der Waals surface area contributed by atoms with Crippen molar-refractivity contribution in [3.8, 4) is 0 Å². The van der Waals surface area contributed by atoms with Crippen LogP contribution in [0.5, 0.6) is 0 Å². The third-order valence-electron chi connectivity index (χ3n) is 2.35. The number of halogens is 1. The van der Waals surface area contributed by atoms with Crippen LogP contribution in [0, 0.1) is 0 Å². The maximum atomic E-state index is 12.1. The molecule has 0 aliphatic rings. The number of allylic oxidation sites excluding steroid dienone is 1. The van der Waals surface area contributed by atoms with E-state index in [1.54, 1.807) is 31.2 Å². The zero-order valence-corrected chi connectivity index (χ0v) is 11.0. The number of hydrogen-bond donors (Lipinski definition) is 2. The average Bonchev–Trinajstić information content (AvgIpc) is 2.27. The molecular weight excluding hydrogens is 238 g/mol. The van der Waals surface area contributed by atoms with Gasteiger partial charge in [0.2, 0.25) is 0 Å². The average molecular weight is 255 g/mol. The number of aliphatic hydroxyl groups is 1. The summed E-state index contributed by atoms with van der Waals surface area (Å²) in [7, 11) is 0. The van der Waals surface area contributed by atoms with E-state index in [1.807, 2.05) is 13.8 Å². The summed E-state index contributed by atoms with van der Waals surface area (Å²) >= 11 is 5.83. The van der Waals surface area contributed by atoms with Crippen LogP contribution in [0.2, 0.25) is 5.02 Å². The molecule has 0 saturated carbocycles. The summed E-state index contributed by atoms with van der Waals surface area (Å²) < 4.78 is 0. The standard InChI is InChI=1S/C13H18ClNO2/c1-9(15-13(2,3)8-16)12(17)10-5-4-6-11(14)7-10/h4-7,15-17H,8H2,1-3H3/p-1. The predicted molar refractivity (Wildman–Crippen MR) is 68.3 cm³/mol. The topological polar surface area (TPSA) is 55.3 Å². The van der Waals surface area contributed by atoms with Crippen molar-refractivity contribution >= 4 is 17.4 Å². The van der Waals surface area contributed by atoms with Crippen LogP contribution in [0.25, 0.3) is 5.76 Å². The Hall–Kier alpha value is -1.19. The molecule has 17 heavy (non-hydrogen) atoms. The molecule has 2 N–H and O–H groups in total. The van der Waals surface area contributed by atoms with Crippen molar-refractivity contribution in [2.45, 2.75) is 26.3 Å². The molecule has 1 aromatic rings. The number of aliphatic hydroxyl groups excluding tert-OH is 1. The third-order valence-corrected chi connectivity index (χ3v) is 2.58. The molecule has 4 heteroatoms. The highest BCUT2D eigenvalue weighted by molar-refractivity contribution is 6.30. The Labute approximate surface area is 107 Å². The summed E-state index contributed by atoms with van der Waals surface area (Å²) in [4.78, 5) is 0. The minimum atomic E-state index is -0.516. The second-order valence-electron chi connectivity index (χ2n) is 4.63. The van der Waals surface area contributed by atoms with Crippen LogP contribution < -0.4 is 10.4 Å². The summed E-state index contributed by atoms with van der Waals surface area (Å²) in [5.74, 6) is -0.117. The Morgan fingerprint density at radius 3 is 2.65 bits per heavy atom. The Morgan fingerprint density at radius 1 is 1.47 bits per heavy atom. The van der Waals surface area contributed by atoms with Gasteiger partial charge < -0.3 is 15.5 Å². The van der Waals surface area contributed by atoms with E-state index < -0.39 is 5.54 Å². The highest BCUT2D eigenvalue weighted by Crippen LogP contribution is 2.18. The van der Waals surface area contributed by atoms with Gasteiger partial charge in [-0.15, -0.1) is 0 Å². The highest BCUT2D eigenvalue weighted by Gasteiger charge is 2.15. The van der Waals surface area contributed by atoms with Gasteiger partial charge in [-0.05, 0) is 38.5 Å². The number of benzene rings is 1. The van der Waals surface area contributed by atoms with Crippen molar-refractivity contribution in [3.05, 3.63) is 40.5 Å². The molecule has 1 rings (SSSR count). The molecule has 0 spiro atoms.